The van der Waals surface area contributed by atoms with Gasteiger partial charge in [-0.15, -0.1) is 11.6 Å². The number of rotatable bonds is 3. The Bertz CT molecular complexity index is 302. The SMILES string of the molecule is C[n+]1ccn2c1SCC2OCCCl. The molecule has 0 aromatic carbocycles. The van der Waals surface area contributed by atoms with Crippen molar-refractivity contribution in [2.75, 3.05) is 18.2 Å². The molecule has 1 aliphatic heterocycles. The van der Waals surface area contributed by atoms with Crippen LogP contribution < -0.4 is 4.57 Å². The van der Waals surface area contributed by atoms with Crippen molar-refractivity contribution in [3.8, 4) is 0 Å². The quantitative estimate of drug-likeness (QED) is 0.561. The zero-order valence-corrected chi connectivity index (χ0v) is 9.01. The highest BCUT2D eigenvalue weighted by Gasteiger charge is 2.31. The average Bonchev–Trinajstić information content (AvgIpc) is 2.67. The molecule has 0 saturated carbocycles. The van der Waals surface area contributed by atoms with Crippen molar-refractivity contribution in [2.45, 2.75) is 11.4 Å². The number of hydrogen-bond donors (Lipinski definition) is 0. The van der Waals surface area contributed by atoms with E-state index in [4.69, 9.17) is 16.3 Å². The molecule has 1 aromatic heterocycles. The topological polar surface area (TPSA) is 18.0 Å². The molecule has 1 aromatic rings. The third kappa shape index (κ3) is 1.71. The maximum Gasteiger partial charge on any atom is 0.320 e. The van der Waals surface area contributed by atoms with Gasteiger partial charge in [0.2, 0.25) is 6.23 Å². The molecular weight excluding hydrogens is 208 g/mol. The Morgan fingerprint density at radius 1 is 1.85 bits per heavy atom. The van der Waals surface area contributed by atoms with Gasteiger partial charge < -0.3 is 4.74 Å². The first-order valence-electron chi connectivity index (χ1n) is 4.20. The first-order chi connectivity index (χ1) is 6.33. The zero-order valence-electron chi connectivity index (χ0n) is 7.44. The predicted octanol–water partition coefficient (Wildman–Crippen LogP) is 1.17. The first kappa shape index (κ1) is 9.37. The summed E-state index contributed by atoms with van der Waals surface area (Å²) in [6.45, 7) is 0.619. The van der Waals surface area contributed by atoms with Crippen LogP contribution in [0.5, 0.6) is 0 Å². The van der Waals surface area contributed by atoms with Gasteiger partial charge in [-0.1, -0.05) is 0 Å². The second-order valence-corrected chi connectivity index (χ2v) is 4.29. The summed E-state index contributed by atoms with van der Waals surface area (Å²) in [6, 6.07) is 0. The van der Waals surface area contributed by atoms with Gasteiger partial charge in [0.1, 0.15) is 12.4 Å². The first-order valence-corrected chi connectivity index (χ1v) is 5.72. The van der Waals surface area contributed by atoms with Crippen molar-refractivity contribution >= 4 is 23.4 Å². The van der Waals surface area contributed by atoms with Crippen LogP contribution in [0.1, 0.15) is 6.23 Å². The molecule has 0 amide bonds. The van der Waals surface area contributed by atoms with E-state index < -0.39 is 0 Å². The van der Waals surface area contributed by atoms with Crippen molar-refractivity contribution in [3.05, 3.63) is 12.4 Å². The van der Waals surface area contributed by atoms with Crippen LogP contribution in [0.25, 0.3) is 0 Å². The summed E-state index contributed by atoms with van der Waals surface area (Å²) in [6.07, 6.45) is 4.26. The molecule has 0 N–H and O–H groups in total. The number of alkyl halides is 1. The van der Waals surface area contributed by atoms with Gasteiger partial charge in [-0.2, -0.15) is 4.57 Å². The third-order valence-electron chi connectivity index (χ3n) is 2.03. The van der Waals surface area contributed by atoms with Crippen LogP contribution in [0.15, 0.2) is 17.6 Å². The van der Waals surface area contributed by atoms with Crippen molar-refractivity contribution in [2.24, 2.45) is 7.05 Å². The van der Waals surface area contributed by atoms with Gasteiger partial charge in [-0.05, 0) is 11.8 Å². The predicted molar refractivity (Wildman–Crippen MR) is 52.0 cm³/mol. The summed E-state index contributed by atoms with van der Waals surface area (Å²) in [5, 5.41) is 1.25. The lowest BCUT2D eigenvalue weighted by atomic mass is 10.6. The number of aryl methyl sites for hydroxylation is 1. The highest BCUT2D eigenvalue weighted by Crippen LogP contribution is 2.31. The molecule has 0 spiro atoms. The minimum absolute atomic E-state index is 0.167. The second kappa shape index (κ2) is 3.90. The second-order valence-electron chi connectivity index (χ2n) is 2.92. The Hall–Kier alpha value is -0.190. The van der Waals surface area contributed by atoms with E-state index in [0.717, 1.165) is 5.75 Å². The van der Waals surface area contributed by atoms with E-state index in [1.165, 1.54) is 5.16 Å². The van der Waals surface area contributed by atoms with Gasteiger partial charge in [0.15, 0.2) is 0 Å². The molecular formula is C8H12ClN2OS+. The van der Waals surface area contributed by atoms with Gasteiger partial charge in [-0.3, -0.25) is 0 Å². The zero-order chi connectivity index (χ0) is 9.26. The van der Waals surface area contributed by atoms with Crippen molar-refractivity contribution < 1.29 is 9.30 Å². The van der Waals surface area contributed by atoms with Crippen LogP contribution in [-0.4, -0.2) is 22.8 Å². The Morgan fingerprint density at radius 2 is 2.69 bits per heavy atom. The van der Waals surface area contributed by atoms with Crippen LogP contribution in [-0.2, 0) is 11.8 Å². The molecule has 1 unspecified atom stereocenters. The molecule has 72 valence electrons. The number of nitrogens with zero attached hydrogens (tertiary/aromatic N) is 2. The van der Waals surface area contributed by atoms with Crippen molar-refractivity contribution in [1.29, 1.82) is 0 Å². The van der Waals surface area contributed by atoms with Crippen LogP contribution >= 0.6 is 23.4 Å². The molecule has 1 aliphatic rings. The van der Waals surface area contributed by atoms with Crippen LogP contribution in [0, 0.1) is 0 Å². The lowest BCUT2D eigenvalue weighted by Crippen LogP contribution is -2.27. The van der Waals surface area contributed by atoms with Gasteiger partial charge in [-0.25, -0.2) is 4.57 Å². The van der Waals surface area contributed by atoms with Gasteiger partial charge >= 0.3 is 5.16 Å². The molecule has 0 bridgehead atoms. The number of thioether (sulfide) groups is 1. The van der Waals surface area contributed by atoms with E-state index in [0.29, 0.717) is 12.5 Å². The Morgan fingerprint density at radius 3 is 3.46 bits per heavy atom. The Kier molecular flexibility index (Phi) is 2.81. The molecule has 1 atom stereocenters. The summed E-state index contributed by atoms with van der Waals surface area (Å²) in [5.41, 5.74) is 0. The molecule has 2 heterocycles. The molecule has 0 fully saturated rings. The van der Waals surface area contributed by atoms with Crippen LogP contribution in [0.3, 0.4) is 0 Å². The highest BCUT2D eigenvalue weighted by molar-refractivity contribution is 7.99. The molecule has 0 saturated heterocycles. The van der Waals surface area contributed by atoms with Gasteiger partial charge in [0.25, 0.3) is 0 Å². The fraction of sp³-hybridized carbons (Fsp3) is 0.625. The molecule has 13 heavy (non-hydrogen) atoms. The fourth-order valence-electron chi connectivity index (χ4n) is 1.41. The van der Waals surface area contributed by atoms with E-state index in [1.807, 2.05) is 31.2 Å². The van der Waals surface area contributed by atoms with E-state index in [1.54, 1.807) is 0 Å². The normalized spacial score (nSPS) is 20.6. The number of fused-ring (bicyclic) bond motifs is 1. The van der Waals surface area contributed by atoms with Crippen molar-refractivity contribution in [1.82, 2.24) is 4.57 Å². The fourth-order valence-corrected chi connectivity index (χ4v) is 2.64. The lowest BCUT2D eigenvalue weighted by molar-refractivity contribution is -0.709. The molecule has 2 rings (SSSR count). The molecule has 0 radical (unpaired) electrons. The maximum atomic E-state index is 5.59. The number of aromatic nitrogens is 2. The van der Waals surface area contributed by atoms with Gasteiger partial charge in [0.05, 0.1) is 19.4 Å². The van der Waals surface area contributed by atoms with Gasteiger partial charge in [0, 0.05) is 5.88 Å². The van der Waals surface area contributed by atoms with E-state index in [9.17, 15) is 0 Å². The van der Waals surface area contributed by atoms with Crippen LogP contribution in [0.2, 0.25) is 0 Å². The minimum Gasteiger partial charge on any atom is -0.337 e. The van der Waals surface area contributed by atoms with E-state index >= 15 is 0 Å². The Labute approximate surface area is 86.6 Å². The van der Waals surface area contributed by atoms with E-state index in [2.05, 4.69) is 9.13 Å². The number of imidazole rings is 1. The highest BCUT2D eigenvalue weighted by atomic mass is 35.5. The maximum absolute atomic E-state index is 5.59. The number of hydrogen-bond acceptors (Lipinski definition) is 2. The Balaban J connectivity index is 2.10. The summed E-state index contributed by atoms with van der Waals surface area (Å²) in [4.78, 5) is 0. The van der Waals surface area contributed by atoms with E-state index in [-0.39, 0.29) is 6.23 Å². The lowest BCUT2D eigenvalue weighted by Gasteiger charge is -2.06. The summed E-state index contributed by atoms with van der Waals surface area (Å²) >= 11 is 7.38. The average molecular weight is 220 g/mol. The van der Waals surface area contributed by atoms with Crippen molar-refractivity contribution in [3.63, 3.8) is 0 Å². The summed E-state index contributed by atoms with van der Waals surface area (Å²) < 4.78 is 9.84. The summed E-state index contributed by atoms with van der Waals surface area (Å²) in [5.74, 6) is 1.55. The smallest absolute Gasteiger partial charge is 0.320 e. The minimum atomic E-state index is 0.167. The van der Waals surface area contributed by atoms with Crippen LogP contribution in [0.4, 0.5) is 0 Å². The third-order valence-corrected chi connectivity index (χ3v) is 3.39. The molecule has 0 aliphatic carbocycles. The number of ether oxygens (including phenoxy) is 1. The standard InChI is InChI=1S/C8H12ClN2OS/c1-10-3-4-11-7(12-5-2-9)6-13-8(10)11/h3-4,7H,2,5-6H2,1H3/q+1. The monoisotopic (exact) mass is 219 g/mol. The largest absolute Gasteiger partial charge is 0.337 e. The summed E-state index contributed by atoms with van der Waals surface area (Å²) in [7, 11) is 2.04. The molecule has 3 nitrogen and oxygen atoms in total. The molecule has 5 heteroatoms. The number of halogens is 1.